The van der Waals surface area contributed by atoms with Gasteiger partial charge in [0.25, 0.3) is 0 Å². The summed E-state index contributed by atoms with van der Waals surface area (Å²) in [4.78, 5) is 21.6. The molecular weight excluding hydrogens is 382 g/mol. The summed E-state index contributed by atoms with van der Waals surface area (Å²) in [5.41, 5.74) is 1.38. The molecule has 0 radical (unpaired) electrons. The van der Waals surface area contributed by atoms with E-state index in [9.17, 15) is 4.79 Å². The zero-order valence-electron chi connectivity index (χ0n) is 17.6. The molecule has 8 heteroatoms. The second kappa shape index (κ2) is 7.58. The summed E-state index contributed by atoms with van der Waals surface area (Å²) < 4.78 is 10.7. The van der Waals surface area contributed by atoms with E-state index in [1.807, 2.05) is 24.3 Å². The smallest absolute Gasteiger partial charge is 0.324 e. The van der Waals surface area contributed by atoms with Crippen LogP contribution >= 0.6 is 0 Å². The highest BCUT2D eigenvalue weighted by atomic mass is 16.5. The molecule has 3 fully saturated rings. The maximum Gasteiger partial charge on any atom is 0.324 e. The number of ether oxygens (including phenoxy) is 1. The van der Waals surface area contributed by atoms with Gasteiger partial charge in [0.05, 0.1) is 7.11 Å². The molecule has 3 aliphatic rings. The SMILES string of the molecule is COc1ccc(-c2noc(N3CCC(C(=O)NC4CC5(C4)CN(C)C5)CC3)n2)cc1. The van der Waals surface area contributed by atoms with Crippen molar-refractivity contribution in [1.29, 1.82) is 0 Å². The van der Waals surface area contributed by atoms with Crippen LogP contribution in [-0.4, -0.2) is 67.3 Å². The van der Waals surface area contributed by atoms with Crippen molar-refractivity contribution in [2.75, 3.05) is 45.2 Å². The van der Waals surface area contributed by atoms with Crippen LogP contribution in [0.15, 0.2) is 28.8 Å². The van der Waals surface area contributed by atoms with Crippen molar-refractivity contribution >= 4 is 11.9 Å². The third-order valence-corrected chi connectivity index (χ3v) is 6.82. The highest BCUT2D eigenvalue weighted by Gasteiger charge is 2.51. The van der Waals surface area contributed by atoms with E-state index in [-0.39, 0.29) is 11.8 Å². The van der Waals surface area contributed by atoms with Crippen molar-refractivity contribution in [1.82, 2.24) is 20.4 Å². The van der Waals surface area contributed by atoms with Gasteiger partial charge >= 0.3 is 6.01 Å². The number of carbonyl (C=O) groups excluding carboxylic acids is 1. The molecule has 5 rings (SSSR count). The Morgan fingerprint density at radius 3 is 2.53 bits per heavy atom. The quantitative estimate of drug-likeness (QED) is 0.807. The molecule has 0 atom stereocenters. The van der Waals surface area contributed by atoms with Gasteiger partial charge in [-0.05, 0) is 62.4 Å². The molecule has 0 unspecified atom stereocenters. The average Bonchev–Trinajstić information content (AvgIpc) is 3.21. The third-order valence-electron chi connectivity index (χ3n) is 6.82. The van der Waals surface area contributed by atoms with Crippen LogP contribution in [0.4, 0.5) is 6.01 Å². The maximum absolute atomic E-state index is 12.7. The predicted octanol–water partition coefficient (Wildman–Crippen LogP) is 2.17. The second-order valence-corrected chi connectivity index (χ2v) is 9.18. The maximum atomic E-state index is 12.7. The standard InChI is InChI=1S/C22H29N5O3/c1-26-13-22(14-26)11-17(12-22)23-20(28)16-7-9-27(10-8-16)21-24-19(25-30-21)15-3-5-18(29-2)6-4-15/h3-6,16-17H,7-14H2,1-2H3,(H,23,28). The van der Waals surface area contributed by atoms with Crippen LogP contribution in [-0.2, 0) is 4.79 Å². The van der Waals surface area contributed by atoms with Crippen LogP contribution in [0.1, 0.15) is 25.7 Å². The lowest BCUT2D eigenvalue weighted by Gasteiger charge is -2.58. The van der Waals surface area contributed by atoms with Gasteiger partial charge in [-0.15, -0.1) is 0 Å². The summed E-state index contributed by atoms with van der Waals surface area (Å²) in [6.45, 7) is 3.87. The predicted molar refractivity (Wildman–Crippen MR) is 112 cm³/mol. The minimum atomic E-state index is 0.0749. The number of benzene rings is 1. The summed E-state index contributed by atoms with van der Waals surface area (Å²) in [5.74, 6) is 1.64. The van der Waals surface area contributed by atoms with E-state index in [0.717, 1.165) is 50.1 Å². The summed E-state index contributed by atoms with van der Waals surface area (Å²) in [5, 5.41) is 7.39. The first-order valence-corrected chi connectivity index (χ1v) is 10.8. The van der Waals surface area contributed by atoms with Gasteiger partial charge in [0.2, 0.25) is 11.7 Å². The number of carbonyl (C=O) groups is 1. The number of amides is 1. The molecule has 8 nitrogen and oxygen atoms in total. The first kappa shape index (κ1) is 19.4. The number of rotatable bonds is 5. The van der Waals surface area contributed by atoms with Crippen molar-refractivity contribution in [3.63, 3.8) is 0 Å². The minimum Gasteiger partial charge on any atom is -0.497 e. The van der Waals surface area contributed by atoms with Gasteiger partial charge in [-0.25, -0.2) is 0 Å². The molecule has 1 saturated carbocycles. The van der Waals surface area contributed by atoms with Crippen molar-refractivity contribution in [2.45, 2.75) is 31.7 Å². The first-order chi connectivity index (χ1) is 14.5. The lowest BCUT2D eigenvalue weighted by atomic mass is 9.61. The van der Waals surface area contributed by atoms with Gasteiger partial charge in [-0.3, -0.25) is 4.79 Å². The number of piperidine rings is 1. The van der Waals surface area contributed by atoms with Crippen LogP contribution in [0.3, 0.4) is 0 Å². The Hall–Kier alpha value is -2.61. The Balaban J connectivity index is 1.11. The fraction of sp³-hybridized carbons (Fsp3) is 0.591. The molecule has 0 bridgehead atoms. The Labute approximate surface area is 176 Å². The minimum absolute atomic E-state index is 0.0749. The Morgan fingerprint density at radius 1 is 1.20 bits per heavy atom. The molecule has 30 heavy (non-hydrogen) atoms. The normalized spacial score (nSPS) is 21.9. The van der Waals surface area contributed by atoms with Gasteiger partial charge in [-0.1, -0.05) is 5.16 Å². The fourth-order valence-electron chi connectivity index (χ4n) is 5.30. The number of anilines is 1. The average molecular weight is 412 g/mol. The van der Waals surface area contributed by atoms with Gasteiger partial charge in [0.1, 0.15) is 5.75 Å². The number of methoxy groups -OCH3 is 1. The Kier molecular flexibility index (Phi) is 4.89. The van der Waals surface area contributed by atoms with E-state index in [0.29, 0.717) is 23.3 Å². The molecule has 2 saturated heterocycles. The van der Waals surface area contributed by atoms with Gasteiger partial charge in [0.15, 0.2) is 0 Å². The van der Waals surface area contributed by atoms with E-state index in [4.69, 9.17) is 9.26 Å². The molecule has 1 amide bonds. The van der Waals surface area contributed by atoms with Crippen molar-refractivity contribution in [2.24, 2.45) is 11.3 Å². The Bertz CT molecular complexity index is 890. The van der Waals surface area contributed by atoms with Gasteiger partial charge in [0, 0.05) is 43.7 Å². The fourth-order valence-corrected chi connectivity index (χ4v) is 5.30. The van der Waals surface area contributed by atoms with E-state index in [1.165, 1.54) is 13.1 Å². The Morgan fingerprint density at radius 2 is 1.90 bits per heavy atom. The number of nitrogens with one attached hydrogen (secondary N) is 1. The summed E-state index contributed by atoms with van der Waals surface area (Å²) >= 11 is 0. The summed E-state index contributed by atoms with van der Waals surface area (Å²) in [7, 11) is 3.80. The highest BCUT2D eigenvalue weighted by molar-refractivity contribution is 5.79. The van der Waals surface area contributed by atoms with Crippen LogP contribution < -0.4 is 15.0 Å². The molecule has 1 aliphatic carbocycles. The molecule has 1 aromatic heterocycles. The van der Waals surface area contributed by atoms with Crippen molar-refractivity contribution in [3.8, 4) is 17.1 Å². The van der Waals surface area contributed by atoms with Crippen LogP contribution in [0.5, 0.6) is 5.75 Å². The second-order valence-electron chi connectivity index (χ2n) is 9.18. The van der Waals surface area contributed by atoms with Crippen LogP contribution in [0.25, 0.3) is 11.4 Å². The third kappa shape index (κ3) is 3.64. The summed E-state index contributed by atoms with van der Waals surface area (Å²) in [6, 6.07) is 8.47. The van der Waals surface area contributed by atoms with E-state index >= 15 is 0 Å². The first-order valence-electron chi connectivity index (χ1n) is 10.8. The van der Waals surface area contributed by atoms with E-state index in [1.54, 1.807) is 7.11 Å². The molecule has 1 spiro atoms. The van der Waals surface area contributed by atoms with Gasteiger partial charge < -0.3 is 24.4 Å². The molecular formula is C22H29N5O3. The lowest BCUT2D eigenvalue weighted by molar-refractivity contribution is -0.130. The summed E-state index contributed by atoms with van der Waals surface area (Å²) in [6.07, 6.45) is 3.90. The van der Waals surface area contributed by atoms with Gasteiger partial charge in [-0.2, -0.15) is 4.98 Å². The lowest BCUT2D eigenvalue weighted by Crippen LogP contribution is -2.65. The number of aromatic nitrogens is 2. The number of nitrogens with zero attached hydrogens (tertiary/aromatic N) is 4. The largest absolute Gasteiger partial charge is 0.497 e. The van der Waals surface area contributed by atoms with Crippen LogP contribution in [0, 0.1) is 11.3 Å². The number of hydrogen-bond donors (Lipinski definition) is 1. The van der Waals surface area contributed by atoms with Crippen molar-refractivity contribution in [3.05, 3.63) is 24.3 Å². The van der Waals surface area contributed by atoms with E-state index < -0.39 is 0 Å². The van der Waals surface area contributed by atoms with E-state index in [2.05, 4.69) is 32.3 Å². The number of likely N-dealkylation sites (tertiary alicyclic amines) is 1. The topological polar surface area (TPSA) is 83.7 Å². The van der Waals surface area contributed by atoms with Crippen molar-refractivity contribution < 1.29 is 14.1 Å². The molecule has 2 aromatic rings. The monoisotopic (exact) mass is 411 g/mol. The molecule has 1 aromatic carbocycles. The zero-order chi connectivity index (χ0) is 20.7. The number of hydrogen-bond acceptors (Lipinski definition) is 7. The zero-order valence-corrected chi connectivity index (χ0v) is 17.6. The molecule has 2 aliphatic heterocycles. The highest BCUT2D eigenvalue weighted by Crippen LogP contribution is 2.47. The van der Waals surface area contributed by atoms with Crippen LogP contribution in [0.2, 0.25) is 0 Å². The molecule has 3 heterocycles. The molecule has 160 valence electrons. The molecule has 1 N–H and O–H groups in total.